The third-order valence-corrected chi connectivity index (χ3v) is 13.1. The summed E-state index contributed by atoms with van der Waals surface area (Å²) < 4.78 is 0. The van der Waals surface area contributed by atoms with Gasteiger partial charge in [0.25, 0.3) is 0 Å². The smallest absolute Gasteiger partial charge is 0.0543 e. The average molecular weight is 796 g/mol. The van der Waals surface area contributed by atoms with Crippen LogP contribution in [0, 0.1) is 32.6 Å². The van der Waals surface area contributed by atoms with Crippen molar-refractivity contribution in [3.8, 4) is 67.5 Å². The monoisotopic (exact) mass is 795 g/mol. The Hall–Kier alpha value is -7.40. The van der Waals surface area contributed by atoms with Crippen molar-refractivity contribution in [1.82, 2.24) is 0 Å². The third kappa shape index (κ3) is 6.79. The van der Waals surface area contributed by atoms with Gasteiger partial charge in [-0.2, -0.15) is 0 Å². The Morgan fingerprint density at radius 1 is 0.468 bits per heavy atom. The number of fused-ring (bicyclic) bond motifs is 3. The summed E-state index contributed by atoms with van der Waals surface area (Å²) in [5.41, 5.74) is 24.7. The molecule has 1 heteroatoms. The largest absolute Gasteiger partial charge is 0.310 e. The molecule has 62 heavy (non-hydrogen) atoms. The van der Waals surface area contributed by atoms with E-state index in [0.29, 0.717) is 0 Å². The molecule has 10 rings (SSSR count). The van der Waals surface area contributed by atoms with Crippen LogP contribution < -0.4 is 4.90 Å². The number of aryl methyl sites for hydroxylation is 2. The molecule has 0 amide bonds. The molecule has 2 aliphatic carbocycles. The number of hydrogen-bond acceptors (Lipinski definition) is 1. The van der Waals surface area contributed by atoms with Crippen molar-refractivity contribution in [3.05, 3.63) is 228 Å². The molecule has 0 heterocycles. The third-order valence-electron chi connectivity index (χ3n) is 13.1. The molecule has 0 atom stereocenters. The van der Waals surface area contributed by atoms with Gasteiger partial charge in [0.1, 0.15) is 0 Å². The average Bonchev–Trinajstić information content (AvgIpc) is 3.45. The van der Waals surface area contributed by atoms with Crippen LogP contribution in [0.4, 0.5) is 17.1 Å². The Morgan fingerprint density at radius 3 is 1.77 bits per heavy atom. The van der Waals surface area contributed by atoms with Crippen LogP contribution in [0.1, 0.15) is 53.6 Å². The van der Waals surface area contributed by atoms with Gasteiger partial charge in [-0.3, -0.25) is 0 Å². The second kappa shape index (κ2) is 15.9. The van der Waals surface area contributed by atoms with Crippen LogP contribution in [0.5, 0.6) is 0 Å². The summed E-state index contributed by atoms with van der Waals surface area (Å²) in [5.74, 6) is 6.33. The van der Waals surface area contributed by atoms with Crippen molar-refractivity contribution < 1.29 is 0 Å². The van der Waals surface area contributed by atoms with E-state index in [1.165, 1.54) is 94.6 Å². The zero-order chi connectivity index (χ0) is 42.4. The van der Waals surface area contributed by atoms with Crippen LogP contribution in [0.15, 0.2) is 194 Å². The maximum atomic E-state index is 3.20. The summed E-state index contributed by atoms with van der Waals surface area (Å²) >= 11 is 0. The second-order valence-electron chi connectivity index (χ2n) is 17.2. The fourth-order valence-electron chi connectivity index (χ4n) is 9.80. The zero-order valence-electron chi connectivity index (χ0n) is 36.1. The first-order chi connectivity index (χ1) is 30.3. The van der Waals surface area contributed by atoms with Gasteiger partial charge in [0.15, 0.2) is 0 Å². The Labute approximate surface area is 367 Å². The summed E-state index contributed by atoms with van der Waals surface area (Å²) in [6.07, 6.45) is 7.13. The van der Waals surface area contributed by atoms with Gasteiger partial charge in [-0.05, 0) is 158 Å². The van der Waals surface area contributed by atoms with Crippen LogP contribution in [-0.2, 0) is 5.41 Å². The minimum Gasteiger partial charge on any atom is -0.310 e. The molecular weight excluding hydrogens is 747 g/mol. The molecule has 0 saturated heterocycles. The first-order valence-electron chi connectivity index (χ1n) is 21.7. The number of anilines is 3. The lowest BCUT2D eigenvalue weighted by atomic mass is 9.81. The molecule has 8 aromatic carbocycles. The summed E-state index contributed by atoms with van der Waals surface area (Å²) in [5, 5.41) is 0. The lowest BCUT2D eigenvalue weighted by Crippen LogP contribution is -2.15. The molecule has 0 aliphatic heterocycles. The molecule has 0 radical (unpaired) electrons. The maximum Gasteiger partial charge on any atom is 0.0543 e. The van der Waals surface area contributed by atoms with Gasteiger partial charge >= 0.3 is 0 Å². The topological polar surface area (TPSA) is 3.24 Å². The van der Waals surface area contributed by atoms with E-state index in [4.69, 9.17) is 0 Å². The van der Waals surface area contributed by atoms with Gasteiger partial charge in [0, 0.05) is 28.8 Å². The number of nitrogens with zero attached hydrogens (tertiary/aromatic N) is 1. The van der Waals surface area contributed by atoms with Crippen molar-refractivity contribution >= 4 is 22.6 Å². The first kappa shape index (κ1) is 38.8. The van der Waals surface area contributed by atoms with E-state index in [-0.39, 0.29) is 5.41 Å². The minimum absolute atomic E-state index is 0.140. The molecule has 0 bridgehead atoms. The zero-order valence-corrected chi connectivity index (χ0v) is 36.1. The van der Waals surface area contributed by atoms with Gasteiger partial charge in [0.2, 0.25) is 0 Å². The Balaban J connectivity index is 1.12. The highest BCUT2D eigenvalue weighted by Gasteiger charge is 2.37. The van der Waals surface area contributed by atoms with E-state index in [0.717, 1.165) is 23.5 Å². The highest BCUT2D eigenvalue weighted by molar-refractivity contribution is 5.97. The molecule has 0 fully saturated rings. The van der Waals surface area contributed by atoms with Crippen LogP contribution >= 0.6 is 0 Å². The van der Waals surface area contributed by atoms with Gasteiger partial charge in [-0.25, -0.2) is 0 Å². The highest BCUT2D eigenvalue weighted by atomic mass is 15.1. The van der Waals surface area contributed by atoms with Crippen LogP contribution in [0.3, 0.4) is 0 Å². The number of hydrogen-bond donors (Lipinski definition) is 0. The van der Waals surface area contributed by atoms with E-state index >= 15 is 0 Å². The van der Waals surface area contributed by atoms with Crippen LogP contribution in [0.25, 0.3) is 61.2 Å². The number of allylic oxidation sites excluding steroid dienone is 4. The molecule has 2 aliphatic rings. The lowest BCUT2D eigenvalue weighted by molar-refractivity contribution is 0.660. The Kier molecular flexibility index (Phi) is 9.94. The number of rotatable bonds is 8. The quantitative estimate of drug-likeness (QED) is 0.139. The van der Waals surface area contributed by atoms with Crippen LogP contribution in [-0.4, -0.2) is 0 Å². The van der Waals surface area contributed by atoms with Gasteiger partial charge < -0.3 is 4.90 Å². The molecular formula is C61H49N. The van der Waals surface area contributed by atoms with Gasteiger partial charge in [0.05, 0.1) is 5.69 Å². The summed E-state index contributed by atoms with van der Waals surface area (Å²) in [6.45, 7) is 11.5. The molecule has 0 unspecified atom stereocenters. The fraction of sp³-hybridized carbons (Fsp3) is 0.115. The maximum absolute atomic E-state index is 3.20. The van der Waals surface area contributed by atoms with Crippen molar-refractivity contribution in [2.75, 3.05) is 4.90 Å². The van der Waals surface area contributed by atoms with E-state index in [1.54, 1.807) is 0 Å². The Morgan fingerprint density at radius 2 is 1.06 bits per heavy atom. The molecule has 298 valence electrons. The van der Waals surface area contributed by atoms with Gasteiger partial charge in [-0.1, -0.05) is 171 Å². The van der Waals surface area contributed by atoms with Crippen molar-refractivity contribution in [2.45, 2.75) is 46.5 Å². The van der Waals surface area contributed by atoms with Gasteiger partial charge in [-0.15, -0.1) is 0 Å². The van der Waals surface area contributed by atoms with E-state index in [2.05, 4.69) is 239 Å². The SMILES string of the molecule is Cc1ccccc1-c1ccc(N(c2ccc(-c3ccccc3)cc2)c2ccc(-c3cccc4c3-c3ccc(C5=CCC#CC=C5)cc3C4(C)C)cc2)c(-c2ccccc2C)c1C. The standard InChI is InChI=1S/C61H49N/c1-41-18-13-15-24-51(41)53-38-39-58(59(43(53)3)52-25-16-14-19-42(52)2)62(49-33-28-46(29-34-49)44-20-11-8-12-21-44)50-35-30-47(31-36-50)54-26-17-27-56-60(54)55-37-32-48(40-57(55)61(56,4)5)45-22-9-6-7-10-23-45/h8-9,11-40H,10H2,1-5H3. The second-order valence-corrected chi connectivity index (χ2v) is 17.2. The fourth-order valence-corrected chi connectivity index (χ4v) is 9.80. The molecule has 0 aromatic heterocycles. The summed E-state index contributed by atoms with van der Waals surface area (Å²) in [4.78, 5) is 2.45. The summed E-state index contributed by atoms with van der Waals surface area (Å²) in [7, 11) is 0. The summed E-state index contributed by atoms with van der Waals surface area (Å²) in [6, 6.07) is 65.0. The lowest BCUT2D eigenvalue weighted by Gasteiger charge is -2.30. The predicted molar refractivity (Wildman–Crippen MR) is 264 cm³/mol. The molecule has 1 nitrogen and oxygen atoms in total. The Bertz CT molecular complexity index is 3130. The van der Waals surface area contributed by atoms with Crippen molar-refractivity contribution in [3.63, 3.8) is 0 Å². The predicted octanol–water partition coefficient (Wildman–Crippen LogP) is 16.4. The number of benzene rings is 8. The molecule has 0 saturated carbocycles. The van der Waals surface area contributed by atoms with Crippen molar-refractivity contribution in [2.24, 2.45) is 0 Å². The van der Waals surface area contributed by atoms with E-state index in [1.807, 2.05) is 6.08 Å². The van der Waals surface area contributed by atoms with Crippen molar-refractivity contribution in [1.29, 1.82) is 0 Å². The molecule has 0 spiro atoms. The van der Waals surface area contributed by atoms with E-state index < -0.39 is 0 Å². The minimum atomic E-state index is -0.140. The first-order valence-corrected chi connectivity index (χ1v) is 21.7. The molecule has 8 aromatic rings. The molecule has 0 N–H and O–H groups in total. The highest BCUT2D eigenvalue weighted by Crippen LogP contribution is 2.53. The van der Waals surface area contributed by atoms with Crippen LogP contribution in [0.2, 0.25) is 0 Å². The normalized spacial score (nSPS) is 13.3. The van der Waals surface area contributed by atoms with E-state index in [9.17, 15) is 0 Å².